The molecule has 1 aliphatic heterocycles. The molecule has 14 amide bonds. The number of aliphatic carboxylic acids is 1. The van der Waals surface area contributed by atoms with Gasteiger partial charge in [-0.2, -0.15) is 0 Å². The van der Waals surface area contributed by atoms with Gasteiger partial charge < -0.3 is 117 Å². The molecule has 41 heteroatoms. The molecule has 115 heavy (non-hydrogen) atoms. The molecule has 3 heterocycles. The number of unbranched alkanes of at least 4 members (excludes halogenated alkanes) is 2. The second kappa shape index (κ2) is 47.5. The van der Waals surface area contributed by atoms with Crippen molar-refractivity contribution in [3.05, 3.63) is 132 Å². The minimum absolute atomic E-state index is 0.0596. The van der Waals surface area contributed by atoms with Crippen molar-refractivity contribution in [2.75, 3.05) is 37.7 Å². The number of para-hydroxylation sites is 1. The smallest absolute Gasteiger partial charge is 0.327 e. The van der Waals surface area contributed by atoms with Gasteiger partial charge in [0.1, 0.15) is 72.5 Å². The molecule has 0 aliphatic carbocycles. The molecule has 2 aromatic heterocycles. The second-order valence-electron chi connectivity index (χ2n) is 27.3. The zero-order valence-corrected chi connectivity index (χ0v) is 65.1. The van der Waals surface area contributed by atoms with Crippen molar-refractivity contribution in [3.63, 3.8) is 0 Å². The van der Waals surface area contributed by atoms with Crippen molar-refractivity contribution < 1.29 is 92.3 Å². The number of nitrogens with one attached hydrogen (secondary N) is 14. The molecule has 5 aromatic rings. The summed E-state index contributed by atoms with van der Waals surface area (Å²) in [5.41, 5.74) is 25.2. The Kier molecular flexibility index (Phi) is 38.2. The van der Waals surface area contributed by atoms with E-state index in [1.807, 2.05) is 0 Å². The van der Waals surface area contributed by atoms with Crippen molar-refractivity contribution in [3.8, 4) is 0 Å². The number of rotatable bonds is 26. The van der Waals surface area contributed by atoms with Crippen LogP contribution in [0.15, 0.2) is 110 Å². The Morgan fingerprint density at radius 3 is 1.47 bits per heavy atom. The van der Waals surface area contributed by atoms with Crippen LogP contribution in [-0.2, 0) is 97.6 Å². The van der Waals surface area contributed by atoms with E-state index in [2.05, 4.69) is 84.1 Å². The van der Waals surface area contributed by atoms with E-state index >= 15 is 14.4 Å². The molecule has 0 spiro atoms. The molecule has 0 unspecified atom stereocenters. The summed E-state index contributed by atoms with van der Waals surface area (Å²) in [5, 5.41) is 75.8. The van der Waals surface area contributed by atoms with Crippen molar-refractivity contribution in [1.29, 1.82) is 0 Å². The number of aliphatic hydroxyl groups excluding tert-OH is 3. The Balaban J connectivity index is 1.47. The van der Waals surface area contributed by atoms with Gasteiger partial charge in [0.15, 0.2) is 0 Å². The Bertz CT molecular complexity index is 4130. The molecule has 6 rings (SSSR count). The Hall–Kier alpha value is -11.2. The minimum Gasteiger partial charge on any atom is -0.480 e. The summed E-state index contributed by atoms with van der Waals surface area (Å²) in [5.74, 6) is -18.0. The summed E-state index contributed by atoms with van der Waals surface area (Å²) < 4.78 is 0. The van der Waals surface area contributed by atoms with Gasteiger partial charge in [0.25, 0.3) is 0 Å². The first-order valence-corrected chi connectivity index (χ1v) is 39.6. The molecule has 1 fully saturated rings. The SMILES string of the molecule is C[C@H](N)C(=O)NCC(=O)N[C@H]1CSSC[C@@H](C(=O)O)NC(=O)[C@H](CO)NC(=O)[C@H]([C@@H](C)O)NC(=O)[C@H](Cc2cnccn2)NC(=O)[C@H]([C@@H](C)O)NC(=O)[C@H](CCCCN)NC(=O)[C@@H](Cc2c[nH]c3ccccc23)NC(=O)[C@H](Cc2ccccc2)NC(=O)[C@H](Cc2ccccc2)NC(=O)[C@H](CC(N)=O)NC(=O)[C@H](CCCCN)NC1=O. The van der Waals surface area contributed by atoms with E-state index in [4.69, 9.17) is 22.9 Å². The number of amides is 14. The number of nitrogens with zero attached hydrogens (tertiary/aromatic N) is 2. The van der Waals surface area contributed by atoms with Crippen LogP contribution in [0, 0.1) is 0 Å². The summed E-state index contributed by atoms with van der Waals surface area (Å²) in [7, 11) is 1.48. The standard InChI is InChI=1S/C74H102N20O19S2/c1-39(77)62(100)82-35-59(99)83-56-37-114-115-38-57(74(112)113)92-70(108)55(36-95)91-73(111)61(41(3)97)94-69(107)53(31-45-34-79-26-27-80-45)90-72(110)60(40(2)96)93-64(102)49(23-13-15-25-76)84-67(105)52(30-44-33-81-47-21-11-10-20-46(44)47)88-66(104)51(29-43-18-8-5-9-19-43)86-65(103)50(28-42-16-6-4-7-17-42)87-68(106)54(32-58(78)98)89-63(101)48(85-71(56)109)22-12-14-24-75/h4-11,16-21,26-27,33-34,39-41,48-57,60-61,81,95-97H,12-15,22-25,28-32,35-38,75-77H2,1-3H3,(H2,78,98)(H,82,100)(H,83,99)(H,84,105)(H,85,109)(H,86,103)(H,87,106)(H,88,104)(H,89,101)(H,90,110)(H,91,111)(H,92,108)(H,93,102)(H,94,107)(H,112,113)/t39-,40+,41+,48-,49-,50-,51-,52+,53-,54-,55-,56-,57-,60-,61-/m0/s1. The molecule has 1 saturated heterocycles. The molecular weight excluding hydrogens is 1540 g/mol. The van der Waals surface area contributed by atoms with Crippen molar-refractivity contribution in [1.82, 2.24) is 84.1 Å². The maximum atomic E-state index is 15.4. The highest BCUT2D eigenvalue weighted by Gasteiger charge is 2.40. The average Bonchev–Trinajstić information content (AvgIpc) is 1.71. The van der Waals surface area contributed by atoms with E-state index in [-0.39, 0.29) is 70.2 Å². The summed E-state index contributed by atoms with van der Waals surface area (Å²) in [6.07, 6.45) is -0.0201. The van der Waals surface area contributed by atoms with Gasteiger partial charge >= 0.3 is 5.97 Å². The quantitative estimate of drug-likeness (QED) is 0.0181. The fourth-order valence-electron chi connectivity index (χ4n) is 11.7. The Morgan fingerprint density at radius 1 is 0.522 bits per heavy atom. The van der Waals surface area contributed by atoms with Gasteiger partial charge in [-0.15, -0.1) is 0 Å². The van der Waals surface area contributed by atoms with Crippen LogP contribution in [0.4, 0.5) is 0 Å². The van der Waals surface area contributed by atoms with Crippen LogP contribution in [0.5, 0.6) is 0 Å². The summed E-state index contributed by atoms with van der Waals surface area (Å²) in [6.45, 7) is 1.80. The molecular formula is C74H102N20O19S2. The normalized spacial score (nSPS) is 23.7. The summed E-state index contributed by atoms with van der Waals surface area (Å²) in [4.78, 5) is 225. The highest BCUT2D eigenvalue weighted by atomic mass is 33.1. The molecule has 0 saturated carbocycles. The number of aliphatic hydroxyl groups is 3. The highest BCUT2D eigenvalue weighted by Crippen LogP contribution is 2.25. The maximum absolute atomic E-state index is 15.4. The van der Waals surface area contributed by atoms with Gasteiger partial charge in [-0.3, -0.25) is 77.1 Å². The number of aromatic amines is 1. The van der Waals surface area contributed by atoms with E-state index in [0.29, 0.717) is 34.0 Å². The first kappa shape index (κ1) is 92.7. The van der Waals surface area contributed by atoms with E-state index < -0.39 is 217 Å². The molecule has 15 atom stereocenters. The number of carbonyl (C=O) groups is 15. The molecule has 3 aromatic carbocycles. The summed E-state index contributed by atoms with van der Waals surface area (Å²) in [6, 6.07) is 1.20. The number of carbonyl (C=O) groups excluding carboxylic acids is 14. The number of hydrogen-bond donors (Lipinski definition) is 22. The van der Waals surface area contributed by atoms with Crippen LogP contribution >= 0.6 is 21.6 Å². The number of fused-ring (bicyclic) bond motifs is 1. The molecule has 0 bridgehead atoms. The average molecular weight is 1640 g/mol. The van der Waals surface area contributed by atoms with Crippen LogP contribution < -0.4 is 92.1 Å². The predicted molar refractivity (Wildman–Crippen MR) is 420 cm³/mol. The number of hydrogen-bond acceptors (Lipinski definition) is 25. The van der Waals surface area contributed by atoms with E-state index in [1.165, 1.54) is 25.5 Å². The van der Waals surface area contributed by atoms with Gasteiger partial charge in [-0.05, 0) is 95.1 Å². The van der Waals surface area contributed by atoms with Crippen molar-refractivity contribution in [2.24, 2.45) is 22.9 Å². The van der Waals surface area contributed by atoms with Crippen LogP contribution in [0.1, 0.15) is 88.1 Å². The Morgan fingerprint density at radius 2 is 0.965 bits per heavy atom. The molecule has 26 N–H and O–H groups in total. The lowest BCUT2D eigenvalue weighted by molar-refractivity contribution is -0.142. The van der Waals surface area contributed by atoms with E-state index in [9.17, 15) is 78.0 Å². The number of benzene rings is 3. The lowest BCUT2D eigenvalue weighted by Gasteiger charge is -2.29. The third-order valence-electron chi connectivity index (χ3n) is 18.0. The molecule has 624 valence electrons. The highest BCUT2D eigenvalue weighted by molar-refractivity contribution is 8.76. The van der Waals surface area contributed by atoms with Gasteiger partial charge in [-0.1, -0.05) is 100 Å². The predicted octanol–water partition coefficient (Wildman–Crippen LogP) is -6.12. The fraction of sp³-hybridized carbons (Fsp3) is 0.473. The van der Waals surface area contributed by atoms with Gasteiger partial charge in [0.2, 0.25) is 82.7 Å². The number of primary amides is 1. The van der Waals surface area contributed by atoms with Crippen LogP contribution in [-0.4, -0.2) is 253 Å². The number of carboxylic acid groups (broad SMARTS) is 1. The monoisotopic (exact) mass is 1640 g/mol. The van der Waals surface area contributed by atoms with Crippen LogP contribution in [0.25, 0.3) is 10.9 Å². The fourth-order valence-corrected chi connectivity index (χ4v) is 14.1. The van der Waals surface area contributed by atoms with Crippen molar-refractivity contribution >= 4 is 121 Å². The number of H-pyrrole nitrogens is 1. The van der Waals surface area contributed by atoms with E-state index in [1.54, 1.807) is 91.1 Å². The Labute approximate surface area is 669 Å². The lowest BCUT2D eigenvalue weighted by atomic mass is 10.00. The zero-order chi connectivity index (χ0) is 84.3. The van der Waals surface area contributed by atoms with Crippen LogP contribution in [0.2, 0.25) is 0 Å². The van der Waals surface area contributed by atoms with Gasteiger partial charge in [-0.25, -0.2) is 4.79 Å². The lowest BCUT2D eigenvalue weighted by Crippen LogP contribution is -2.63. The first-order chi connectivity index (χ1) is 54.9. The number of aromatic nitrogens is 3. The number of nitrogens with two attached hydrogens (primary N) is 4. The minimum atomic E-state index is -2.02. The number of carboxylic acids is 1. The topological polar surface area (TPSA) is 639 Å². The maximum Gasteiger partial charge on any atom is 0.327 e. The third-order valence-corrected chi connectivity index (χ3v) is 20.4. The van der Waals surface area contributed by atoms with Crippen molar-refractivity contribution in [2.45, 2.75) is 182 Å². The molecule has 39 nitrogen and oxygen atoms in total. The summed E-state index contributed by atoms with van der Waals surface area (Å²) >= 11 is 0. The van der Waals surface area contributed by atoms with E-state index in [0.717, 1.165) is 35.4 Å². The second-order valence-corrected chi connectivity index (χ2v) is 29.9. The third kappa shape index (κ3) is 30.6. The molecule has 1 aliphatic rings. The van der Waals surface area contributed by atoms with Gasteiger partial charge in [0, 0.05) is 72.9 Å². The zero-order valence-electron chi connectivity index (χ0n) is 63.5. The largest absolute Gasteiger partial charge is 0.480 e. The first-order valence-electron chi connectivity index (χ1n) is 37.1. The van der Waals surface area contributed by atoms with Crippen LogP contribution in [0.3, 0.4) is 0 Å². The van der Waals surface area contributed by atoms with Gasteiger partial charge in [0.05, 0.1) is 43.5 Å². The molecule has 0 radical (unpaired) electrons.